The smallest absolute Gasteiger partial charge is 0.338 e. The van der Waals surface area contributed by atoms with E-state index < -0.39 is 23.0 Å². The number of hydrogen-bond acceptors (Lipinski definition) is 6. The van der Waals surface area contributed by atoms with E-state index in [0.717, 1.165) is 0 Å². The number of nitro groups is 1. The Hall–Kier alpha value is -3.55. The molecule has 0 aromatic heterocycles. The van der Waals surface area contributed by atoms with Crippen LogP contribution in [-0.4, -0.2) is 39.8 Å². The summed E-state index contributed by atoms with van der Waals surface area (Å²) in [6.45, 7) is 4.02. The summed E-state index contributed by atoms with van der Waals surface area (Å²) in [7, 11) is 0. The summed E-state index contributed by atoms with van der Waals surface area (Å²) >= 11 is 0. The largest absolute Gasteiger partial charge is 0.459 e. The van der Waals surface area contributed by atoms with Gasteiger partial charge in [0, 0.05) is 24.6 Å². The second-order valence-corrected chi connectivity index (χ2v) is 8.64. The maximum atomic E-state index is 13.0. The molecule has 2 aliphatic rings. The minimum Gasteiger partial charge on any atom is -0.459 e. The van der Waals surface area contributed by atoms with Crippen LogP contribution in [0.1, 0.15) is 64.2 Å². The number of amides is 2. The van der Waals surface area contributed by atoms with E-state index in [9.17, 15) is 24.5 Å². The topological polar surface area (TPSA) is 107 Å². The molecule has 2 aromatic rings. The van der Waals surface area contributed by atoms with Crippen LogP contribution >= 0.6 is 0 Å². The average Bonchev–Trinajstić information content (AvgIpc) is 3.00. The zero-order valence-corrected chi connectivity index (χ0v) is 17.2. The van der Waals surface area contributed by atoms with Gasteiger partial charge >= 0.3 is 5.97 Å². The number of carbonyl (C=O) groups excluding carboxylic acids is 3. The van der Waals surface area contributed by atoms with E-state index in [4.69, 9.17) is 4.74 Å². The first-order chi connectivity index (χ1) is 14.7. The molecule has 1 aliphatic heterocycles. The lowest BCUT2D eigenvalue weighted by molar-refractivity contribution is -0.384. The molecule has 8 nitrogen and oxygen atoms in total. The highest BCUT2D eigenvalue weighted by Crippen LogP contribution is 2.42. The van der Waals surface area contributed by atoms with Crippen molar-refractivity contribution in [2.45, 2.75) is 45.3 Å². The minimum absolute atomic E-state index is 0.110. The Bertz CT molecular complexity index is 1040. The lowest BCUT2D eigenvalue weighted by Crippen LogP contribution is -2.52. The summed E-state index contributed by atoms with van der Waals surface area (Å²) in [5.41, 5.74) is 0.569. The average molecular weight is 422 g/mol. The van der Waals surface area contributed by atoms with E-state index in [1.165, 1.54) is 29.2 Å². The highest BCUT2D eigenvalue weighted by Gasteiger charge is 2.48. The molecule has 31 heavy (non-hydrogen) atoms. The van der Waals surface area contributed by atoms with Crippen molar-refractivity contribution in [2.24, 2.45) is 5.41 Å². The summed E-state index contributed by atoms with van der Waals surface area (Å²) in [5, 5.41) is 10.8. The third kappa shape index (κ3) is 3.69. The Morgan fingerprint density at radius 1 is 1.06 bits per heavy atom. The summed E-state index contributed by atoms with van der Waals surface area (Å²) in [4.78, 5) is 50.1. The number of rotatable bonds is 4. The van der Waals surface area contributed by atoms with Gasteiger partial charge in [0.05, 0.1) is 21.6 Å². The highest BCUT2D eigenvalue weighted by molar-refractivity contribution is 6.21. The van der Waals surface area contributed by atoms with Gasteiger partial charge in [-0.1, -0.05) is 26.0 Å². The highest BCUT2D eigenvalue weighted by atomic mass is 16.6. The van der Waals surface area contributed by atoms with Gasteiger partial charge in [0.15, 0.2) is 0 Å². The molecule has 0 N–H and O–H groups in total. The van der Waals surface area contributed by atoms with Crippen molar-refractivity contribution in [1.29, 1.82) is 0 Å². The molecule has 1 fully saturated rings. The first kappa shape index (κ1) is 20.7. The van der Waals surface area contributed by atoms with Gasteiger partial charge in [-0.15, -0.1) is 0 Å². The second kappa shape index (κ2) is 7.61. The van der Waals surface area contributed by atoms with E-state index in [0.29, 0.717) is 30.4 Å². The first-order valence-electron chi connectivity index (χ1n) is 10.1. The predicted molar refractivity (Wildman–Crippen MR) is 111 cm³/mol. The van der Waals surface area contributed by atoms with Crippen molar-refractivity contribution < 1.29 is 24.0 Å². The molecular formula is C23H22N2O6. The van der Waals surface area contributed by atoms with Gasteiger partial charge in [-0.2, -0.15) is 0 Å². The van der Waals surface area contributed by atoms with Gasteiger partial charge in [0.1, 0.15) is 6.10 Å². The van der Waals surface area contributed by atoms with Crippen molar-refractivity contribution in [3.05, 3.63) is 75.3 Å². The molecule has 1 heterocycles. The summed E-state index contributed by atoms with van der Waals surface area (Å²) in [5.74, 6) is -1.22. The molecule has 2 aromatic carbocycles. The molecule has 2 atom stereocenters. The Morgan fingerprint density at radius 2 is 1.65 bits per heavy atom. The number of non-ortho nitro benzene ring substituents is 1. The van der Waals surface area contributed by atoms with Gasteiger partial charge < -0.3 is 4.74 Å². The Kier molecular flexibility index (Phi) is 5.08. The first-order valence-corrected chi connectivity index (χ1v) is 10.1. The maximum absolute atomic E-state index is 13.0. The Balaban J connectivity index is 1.51. The van der Waals surface area contributed by atoms with E-state index in [1.54, 1.807) is 24.3 Å². The summed E-state index contributed by atoms with van der Waals surface area (Å²) in [6, 6.07) is 11.6. The minimum atomic E-state index is -0.583. The zero-order chi connectivity index (χ0) is 22.3. The monoisotopic (exact) mass is 422 g/mol. The molecule has 2 amide bonds. The molecule has 0 bridgehead atoms. The number of nitro benzene ring substituents is 1. The molecule has 0 saturated heterocycles. The SMILES string of the molecule is CC1(C)CC[C@@H](OC(=O)c2ccc([N+](=O)[O-])cc2)C[C@@H]1N1C(=O)c2ccccc2C1=O. The molecule has 0 spiro atoms. The molecule has 1 saturated carbocycles. The van der Waals surface area contributed by atoms with Gasteiger partial charge in [0.25, 0.3) is 17.5 Å². The maximum Gasteiger partial charge on any atom is 0.338 e. The molecule has 1 aliphatic carbocycles. The van der Waals surface area contributed by atoms with Crippen molar-refractivity contribution >= 4 is 23.5 Å². The quantitative estimate of drug-likeness (QED) is 0.319. The molecule has 4 rings (SSSR count). The zero-order valence-electron chi connectivity index (χ0n) is 17.2. The fourth-order valence-corrected chi connectivity index (χ4v) is 4.38. The van der Waals surface area contributed by atoms with E-state index in [-0.39, 0.29) is 28.5 Å². The van der Waals surface area contributed by atoms with E-state index >= 15 is 0 Å². The molecule has 0 unspecified atom stereocenters. The predicted octanol–water partition coefficient (Wildman–Crippen LogP) is 4.00. The summed E-state index contributed by atoms with van der Waals surface area (Å²) in [6.07, 6.45) is 1.15. The third-order valence-corrected chi connectivity index (χ3v) is 6.22. The lowest BCUT2D eigenvalue weighted by atomic mass is 9.71. The number of benzene rings is 2. The van der Waals surface area contributed by atoms with Crippen LogP contribution < -0.4 is 0 Å². The number of nitrogens with zero attached hydrogens (tertiary/aromatic N) is 2. The van der Waals surface area contributed by atoms with Crippen molar-refractivity contribution in [1.82, 2.24) is 4.90 Å². The number of imide groups is 1. The fourth-order valence-electron chi connectivity index (χ4n) is 4.38. The molecule has 160 valence electrons. The van der Waals surface area contributed by atoms with Gasteiger partial charge in [-0.25, -0.2) is 4.79 Å². The summed E-state index contributed by atoms with van der Waals surface area (Å²) < 4.78 is 5.65. The van der Waals surface area contributed by atoms with Gasteiger partial charge in [0.2, 0.25) is 0 Å². The van der Waals surface area contributed by atoms with Crippen LogP contribution in [0.25, 0.3) is 0 Å². The number of ether oxygens (including phenoxy) is 1. The van der Waals surface area contributed by atoms with Crippen molar-refractivity contribution in [3.63, 3.8) is 0 Å². The Morgan fingerprint density at radius 3 is 2.19 bits per heavy atom. The van der Waals surface area contributed by atoms with Crippen molar-refractivity contribution in [2.75, 3.05) is 0 Å². The number of carbonyl (C=O) groups is 3. The van der Waals surface area contributed by atoms with Crippen molar-refractivity contribution in [3.8, 4) is 0 Å². The van der Waals surface area contributed by atoms with Gasteiger partial charge in [-0.3, -0.25) is 24.6 Å². The fraction of sp³-hybridized carbons (Fsp3) is 0.348. The van der Waals surface area contributed by atoms with E-state index in [1.807, 2.05) is 13.8 Å². The lowest BCUT2D eigenvalue weighted by Gasteiger charge is -2.45. The van der Waals surface area contributed by atoms with Gasteiger partial charge in [-0.05, 0) is 42.5 Å². The van der Waals surface area contributed by atoms with Crippen LogP contribution in [0.4, 0.5) is 5.69 Å². The third-order valence-electron chi connectivity index (χ3n) is 6.22. The number of esters is 1. The molecule has 8 heteroatoms. The van der Waals surface area contributed by atoms with Crippen LogP contribution in [0.5, 0.6) is 0 Å². The van der Waals surface area contributed by atoms with Crippen LogP contribution in [0, 0.1) is 15.5 Å². The van der Waals surface area contributed by atoms with Crippen LogP contribution in [0.2, 0.25) is 0 Å². The standard InChI is InChI=1S/C23H22N2O6/c1-23(2)12-11-16(31-22(28)14-7-9-15(10-8-14)25(29)30)13-19(23)24-20(26)17-5-3-4-6-18(17)21(24)27/h3-10,16,19H,11-13H2,1-2H3/t16-,19+/m1/s1. The second-order valence-electron chi connectivity index (χ2n) is 8.64. The Labute approximate surface area is 179 Å². The van der Waals surface area contributed by atoms with Crippen LogP contribution in [-0.2, 0) is 4.74 Å². The van der Waals surface area contributed by atoms with E-state index in [2.05, 4.69) is 0 Å². The normalized spacial score (nSPS) is 22.2. The van der Waals surface area contributed by atoms with Crippen LogP contribution in [0.15, 0.2) is 48.5 Å². The number of hydrogen-bond donors (Lipinski definition) is 0. The number of fused-ring (bicyclic) bond motifs is 1. The van der Waals surface area contributed by atoms with Crippen LogP contribution in [0.3, 0.4) is 0 Å². The molecule has 0 radical (unpaired) electrons. The molecular weight excluding hydrogens is 400 g/mol.